The number of likely N-dealkylation sites (N-methyl/N-ethyl adjacent to an activating group) is 2. The Morgan fingerprint density at radius 2 is 1.56 bits per heavy atom. The van der Waals surface area contributed by atoms with Gasteiger partial charge in [-0.15, -0.1) is 5.10 Å². The molecule has 3 aliphatic heterocycles. The SMILES string of the molecule is CC[C@H]1OC(=O)[C@H](C)[C@@H](C2C[C@@](C)(OC)[C@@H](O)[C@H](C)O2)[C@H](C)[C@@H](O[C@@H]2O[C@H](C)C[C@H](N(C)CCc3cn([C@H](CF)Cc4ccc(-c5ccc(S(C)(=O)=O)cc5)cc4)nn3)[C@H]2O)[C@](C)(O)C[C@@H](C)CN(C)[C@H](C)[C@@H](O)[C@]1(C)O. The fourth-order valence-corrected chi connectivity index (χ4v) is 13.1. The molecule has 3 fully saturated rings. The van der Waals surface area contributed by atoms with Gasteiger partial charge in [0, 0.05) is 63.5 Å². The van der Waals surface area contributed by atoms with E-state index < -0.39 is 130 Å². The Morgan fingerprint density at radius 1 is 0.935 bits per heavy atom. The number of benzene rings is 2. The molecule has 0 aliphatic carbocycles. The Kier molecular flexibility index (Phi) is 20.8. The number of sulfone groups is 1. The molecule has 2 aromatic carbocycles. The Hall–Kier alpha value is -3.51. The van der Waals surface area contributed by atoms with Crippen molar-refractivity contribution < 1.29 is 66.8 Å². The maximum Gasteiger partial charge on any atom is 0.309 e. The number of halogens is 1. The number of hydrogen-bond donors (Lipinski definition) is 5. The standard InChI is InChI=1S/C57H90FN5O13S/c1-15-47-57(10,69)50(65)37(6)62(12)31-33(2)28-55(8,68)52(35(4)48(36(5)53(67)75-47)46-29-56(9,72-13)51(66)38(7)74-46)76-54-49(64)45(26-34(3)73-54)61(11)25-24-42-32-63(60-59-42)43(30-58)27-39-16-18-40(19-17-39)41-20-22-44(23-21-41)77(14,70)71/h16-23,32-38,43,45-52,54,64-66,68-69H,15,24-31H2,1-14H3/t33-,34-,35+,36-,37-,38+,43+,45+,46?,47-,48+,49-,50-,51+,52-,54+,55-,56-,57-/m1/s1. The van der Waals surface area contributed by atoms with Crippen molar-refractivity contribution in [2.75, 3.05) is 47.2 Å². The zero-order valence-corrected chi connectivity index (χ0v) is 48.6. The quantitative estimate of drug-likeness (QED) is 0.123. The highest BCUT2D eigenvalue weighted by molar-refractivity contribution is 7.90. The van der Waals surface area contributed by atoms with Crippen LogP contribution in [0.1, 0.15) is 112 Å². The van der Waals surface area contributed by atoms with Gasteiger partial charge in [0.1, 0.15) is 36.7 Å². The minimum atomic E-state index is -3.31. The molecule has 6 rings (SSSR count). The van der Waals surface area contributed by atoms with Crippen LogP contribution in [0, 0.1) is 23.7 Å². The van der Waals surface area contributed by atoms with Crippen LogP contribution < -0.4 is 0 Å². The number of rotatable bonds is 15. The van der Waals surface area contributed by atoms with Crippen LogP contribution in [-0.2, 0) is 51.2 Å². The number of ether oxygens (including phenoxy) is 5. The van der Waals surface area contributed by atoms with Crippen LogP contribution in [0.15, 0.2) is 59.6 Å². The Labute approximate surface area is 456 Å². The van der Waals surface area contributed by atoms with E-state index in [2.05, 4.69) is 10.3 Å². The minimum absolute atomic E-state index is 0.167. The molecule has 1 unspecified atom stereocenters. The Balaban J connectivity index is 1.23. The maximum absolute atomic E-state index is 14.7. The van der Waals surface area contributed by atoms with Crippen LogP contribution in [0.5, 0.6) is 0 Å². The zero-order valence-electron chi connectivity index (χ0n) is 47.8. The second-order valence-corrected chi connectivity index (χ2v) is 25.7. The van der Waals surface area contributed by atoms with Gasteiger partial charge in [-0.25, -0.2) is 17.5 Å². The van der Waals surface area contributed by atoms with Crippen molar-refractivity contribution in [3.63, 3.8) is 0 Å². The van der Waals surface area contributed by atoms with E-state index in [1.54, 1.807) is 76.7 Å². The second-order valence-electron chi connectivity index (χ2n) is 23.7. The molecule has 434 valence electrons. The van der Waals surface area contributed by atoms with Crippen LogP contribution in [-0.4, -0.2) is 196 Å². The number of methoxy groups -OCH3 is 1. The van der Waals surface area contributed by atoms with Crippen molar-refractivity contribution in [1.29, 1.82) is 0 Å². The average molecular weight is 1100 g/mol. The molecular weight excluding hydrogens is 1010 g/mol. The largest absolute Gasteiger partial charge is 0.459 e. The van der Waals surface area contributed by atoms with Crippen molar-refractivity contribution >= 4 is 15.8 Å². The zero-order chi connectivity index (χ0) is 57.1. The van der Waals surface area contributed by atoms with Crippen molar-refractivity contribution in [2.24, 2.45) is 23.7 Å². The van der Waals surface area contributed by atoms with E-state index in [1.807, 2.05) is 68.9 Å². The number of alkyl halides is 1. The lowest BCUT2D eigenvalue weighted by atomic mass is 9.68. The van der Waals surface area contributed by atoms with Gasteiger partial charge in [0.15, 0.2) is 16.1 Å². The van der Waals surface area contributed by atoms with Crippen LogP contribution in [0.25, 0.3) is 11.1 Å². The lowest BCUT2D eigenvalue weighted by Gasteiger charge is -2.51. The number of hydrogen-bond acceptors (Lipinski definition) is 17. The van der Waals surface area contributed by atoms with E-state index in [4.69, 9.17) is 23.7 Å². The van der Waals surface area contributed by atoms with Gasteiger partial charge in [0.05, 0.1) is 58.2 Å². The van der Waals surface area contributed by atoms with Crippen LogP contribution in [0.2, 0.25) is 0 Å². The molecule has 0 amide bonds. The number of carbonyl (C=O) groups is 1. The summed E-state index contributed by atoms with van der Waals surface area (Å²) in [6, 6.07) is 12.7. The van der Waals surface area contributed by atoms with E-state index in [0.29, 0.717) is 38.0 Å². The monoisotopic (exact) mass is 1100 g/mol. The van der Waals surface area contributed by atoms with Crippen molar-refractivity contribution in [3.8, 4) is 11.1 Å². The first kappa shape index (κ1) is 62.7. The number of esters is 1. The average Bonchev–Trinajstić information content (AvgIpc) is 3.85. The highest BCUT2D eigenvalue weighted by Gasteiger charge is 2.55. The summed E-state index contributed by atoms with van der Waals surface area (Å²) in [6.07, 6.45) is -4.08. The first-order valence-corrected chi connectivity index (χ1v) is 29.3. The lowest BCUT2D eigenvalue weighted by Crippen LogP contribution is -2.62. The van der Waals surface area contributed by atoms with Gasteiger partial charge in [0.2, 0.25) is 0 Å². The number of carbonyl (C=O) groups excluding carboxylic acids is 1. The van der Waals surface area contributed by atoms with Gasteiger partial charge >= 0.3 is 5.97 Å². The van der Waals surface area contributed by atoms with Gasteiger partial charge in [-0.3, -0.25) is 4.79 Å². The van der Waals surface area contributed by atoms with Gasteiger partial charge in [0.25, 0.3) is 0 Å². The van der Waals surface area contributed by atoms with Gasteiger partial charge in [-0.05, 0) is 122 Å². The normalized spacial score (nSPS) is 37.9. The molecule has 77 heavy (non-hydrogen) atoms. The highest BCUT2D eigenvalue weighted by atomic mass is 32.2. The smallest absolute Gasteiger partial charge is 0.309 e. The number of aliphatic hydroxyl groups is 5. The number of aliphatic hydroxyl groups excluding tert-OH is 3. The van der Waals surface area contributed by atoms with Crippen LogP contribution >= 0.6 is 0 Å². The summed E-state index contributed by atoms with van der Waals surface area (Å²) in [6.45, 7) is 18.0. The summed E-state index contributed by atoms with van der Waals surface area (Å²) >= 11 is 0. The second kappa shape index (κ2) is 25.5. The summed E-state index contributed by atoms with van der Waals surface area (Å²) in [5.41, 5.74) is -1.25. The first-order chi connectivity index (χ1) is 36.0. The van der Waals surface area contributed by atoms with Crippen molar-refractivity contribution in [3.05, 3.63) is 66.0 Å². The molecule has 4 heterocycles. The molecule has 0 spiro atoms. The van der Waals surface area contributed by atoms with Crippen molar-refractivity contribution in [1.82, 2.24) is 24.8 Å². The summed E-state index contributed by atoms with van der Waals surface area (Å²) in [7, 11) is 1.94. The third kappa shape index (κ3) is 14.5. The molecule has 18 nitrogen and oxygen atoms in total. The van der Waals surface area contributed by atoms with Gasteiger partial charge in [-0.1, -0.05) is 69.3 Å². The maximum atomic E-state index is 14.7. The summed E-state index contributed by atoms with van der Waals surface area (Å²) in [4.78, 5) is 18.8. The summed E-state index contributed by atoms with van der Waals surface area (Å²) < 4.78 is 72.2. The third-order valence-electron chi connectivity index (χ3n) is 17.3. The number of aromatic nitrogens is 3. The predicted molar refractivity (Wildman–Crippen MR) is 289 cm³/mol. The topological polar surface area (TPSA) is 236 Å². The molecule has 3 aliphatic rings. The summed E-state index contributed by atoms with van der Waals surface area (Å²) in [5.74, 6) is -3.28. The molecule has 20 heteroatoms. The van der Waals surface area contributed by atoms with Crippen LogP contribution in [0.3, 0.4) is 0 Å². The lowest BCUT2D eigenvalue weighted by molar-refractivity contribution is -0.302. The molecule has 3 saturated heterocycles. The fourth-order valence-electron chi connectivity index (χ4n) is 12.5. The number of cyclic esters (lactones) is 1. The molecule has 0 bridgehead atoms. The summed E-state index contributed by atoms with van der Waals surface area (Å²) in [5, 5.41) is 68.9. The van der Waals surface area contributed by atoms with Gasteiger partial charge < -0.3 is 59.0 Å². The molecule has 0 radical (unpaired) electrons. The fraction of sp³-hybridized carbons (Fsp3) is 0.737. The van der Waals surface area contributed by atoms with Crippen LogP contribution in [0.4, 0.5) is 4.39 Å². The predicted octanol–water partition coefficient (Wildman–Crippen LogP) is 5.20. The van der Waals surface area contributed by atoms with Gasteiger partial charge in [-0.2, -0.15) is 0 Å². The molecule has 0 saturated carbocycles. The molecule has 5 N–H and O–H groups in total. The molecule has 19 atom stereocenters. The molecule has 1 aromatic heterocycles. The Morgan fingerprint density at radius 3 is 2.14 bits per heavy atom. The first-order valence-electron chi connectivity index (χ1n) is 27.4. The highest BCUT2D eigenvalue weighted by Crippen LogP contribution is 2.45. The molecule has 3 aromatic rings. The minimum Gasteiger partial charge on any atom is -0.459 e. The van der Waals surface area contributed by atoms with E-state index in [9.17, 15) is 43.1 Å². The van der Waals surface area contributed by atoms with E-state index in [0.717, 1.165) is 16.7 Å². The van der Waals surface area contributed by atoms with E-state index in [-0.39, 0.29) is 30.1 Å². The van der Waals surface area contributed by atoms with E-state index >= 15 is 0 Å². The van der Waals surface area contributed by atoms with Crippen molar-refractivity contribution in [2.45, 2.75) is 203 Å². The number of nitrogens with zero attached hydrogens (tertiary/aromatic N) is 5. The Bertz CT molecular complexity index is 2480. The molecular formula is C57H90FN5O13S. The third-order valence-corrected chi connectivity index (χ3v) is 18.5. The van der Waals surface area contributed by atoms with E-state index in [1.165, 1.54) is 20.3 Å².